The van der Waals surface area contributed by atoms with Crippen LogP contribution in [0, 0.1) is 0 Å². The van der Waals surface area contributed by atoms with Crippen molar-refractivity contribution < 1.29 is 33.6 Å². The van der Waals surface area contributed by atoms with Gasteiger partial charge in [-0.15, -0.1) is 0 Å². The molecule has 1 atom stereocenters. The van der Waals surface area contributed by atoms with Gasteiger partial charge in [-0.3, -0.25) is 9.05 Å². The Kier molecular flexibility index (Phi) is 19.8. The molecule has 7 nitrogen and oxygen atoms in total. The van der Waals surface area contributed by atoms with Crippen molar-refractivity contribution in [1.29, 1.82) is 0 Å². The third-order valence-corrected chi connectivity index (χ3v) is 2.38. The van der Waals surface area contributed by atoms with Gasteiger partial charge in [0.05, 0.1) is 34.4 Å². The molecule has 0 rings (SSSR count). The summed E-state index contributed by atoms with van der Waals surface area (Å²) >= 11 is 0. The highest BCUT2D eigenvalue weighted by Crippen LogP contribution is 2.42. The van der Waals surface area contributed by atoms with Crippen LogP contribution in [0.3, 0.4) is 0 Å². The molecule has 0 aromatic rings. The molecular weight excluding hydrogens is 261 g/mol. The molecule has 0 aromatic heterocycles. The Bertz CT molecular complexity index is 207. The second-order valence-electron chi connectivity index (χ2n) is 3.87. The van der Waals surface area contributed by atoms with Gasteiger partial charge in [0.1, 0.15) is 13.2 Å². The highest BCUT2D eigenvalue weighted by Gasteiger charge is 2.21. The number of aliphatic hydroxyl groups excluding tert-OH is 1. The van der Waals surface area contributed by atoms with Crippen molar-refractivity contribution in [3.05, 3.63) is 0 Å². The van der Waals surface area contributed by atoms with Gasteiger partial charge in [0, 0.05) is 0 Å². The molecule has 0 aliphatic heterocycles. The lowest BCUT2D eigenvalue weighted by molar-refractivity contribution is -0.870. The summed E-state index contributed by atoms with van der Waals surface area (Å²) in [5, 5.41) is 8.37. The summed E-state index contributed by atoms with van der Waals surface area (Å²) in [7, 11) is 1.87. The van der Waals surface area contributed by atoms with Crippen molar-refractivity contribution in [3.8, 4) is 0 Å². The van der Waals surface area contributed by atoms with Gasteiger partial charge < -0.3 is 20.0 Å². The van der Waals surface area contributed by atoms with E-state index >= 15 is 0 Å². The van der Waals surface area contributed by atoms with Crippen molar-refractivity contribution in [2.24, 2.45) is 0 Å². The minimum absolute atomic E-state index is 0. The highest BCUT2D eigenvalue weighted by molar-refractivity contribution is 7.47. The molecule has 0 heterocycles. The molecule has 0 aliphatic rings. The number of nitrogens with zero attached hydrogens (tertiary/aromatic N) is 1. The number of hydrogen-bond acceptors (Lipinski definition) is 4. The standard InChI is InChI=1S/C7H18NO5P.C2H6.CH4.H2O/c1-8(2,3)4-6-12-14(10,11)13-7-5-9;1-2;;/h9H,4-7H2,1-3H3;1-2H3;1H4;1H2/p+1. The Morgan fingerprint density at radius 2 is 1.50 bits per heavy atom. The number of rotatable bonds is 7. The SMILES string of the molecule is C.CC.C[N+](C)(C)CCOP(=O)(O)OCCO.O. The fraction of sp³-hybridized carbons (Fsp3) is 1.00. The summed E-state index contributed by atoms with van der Waals surface area (Å²) < 4.78 is 20.8. The van der Waals surface area contributed by atoms with Crippen LogP contribution >= 0.6 is 7.82 Å². The molecule has 8 heteroatoms. The lowest BCUT2D eigenvalue weighted by atomic mass is 10.5. The number of likely N-dealkylation sites (N-methyl/N-ethyl adjacent to an activating group) is 1. The van der Waals surface area contributed by atoms with Crippen LogP contribution in [0.25, 0.3) is 0 Å². The quantitative estimate of drug-likeness (QED) is 0.529. The summed E-state index contributed by atoms with van der Waals surface area (Å²) in [6.45, 7) is 4.25. The number of quaternary nitrogens is 1. The molecule has 0 saturated carbocycles. The fourth-order valence-corrected chi connectivity index (χ4v) is 1.32. The van der Waals surface area contributed by atoms with Crippen LogP contribution < -0.4 is 0 Å². The highest BCUT2D eigenvalue weighted by atomic mass is 31.2. The monoisotopic (exact) mass is 292 g/mol. The molecule has 0 radical (unpaired) electrons. The van der Waals surface area contributed by atoms with Gasteiger partial charge in [0.2, 0.25) is 0 Å². The van der Waals surface area contributed by atoms with Gasteiger partial charge in [-0.2, -0.15) is 0 Å². The van der Waals surface area contributed by atoms with E-state index in [4.69, 9.17) is 10.00 Å². The van der Waals surface area contributed by atoms with Crippen LogP contribution in [0.2, 0.25) is 0 Å². The topological polar surface area (TPSA) is 107 Å². The summed E-state index contributed by atoms with van der Waals surface area (Å²) in [6.07, 6.45) is 0. The van der Waals surface area contributed by atoms with Gasteiger partial charge in [-0.1, -0.05) is 21.3 Å². The maximum absolute atomic E-state index is 11.1. The van der Waals surface area contributed by atoms with E-state index in [1.165, 1.54) is 0 Å². The second kappa shape index (κ2) is 13.4. The predicted molar refractivity (Wildman–Crippen MR) is 73.4 cm³/mol. The van der Waals surface area contributed by atoms with E-state index in [1.807, 2.05) is 35.0 Å². The van der Waals surface area contributed by atoms with Crippen molar-refractivity contribution in [1.82, 2.24) is 0 Å². The van der Waals surface area contributed by atoms with E-state index in [0.29, 0.717) is 11.0 Å². The van der Waals surface area contributed by atoms with Crippen molar-refractivity contribution in [2.75, 3.05) is 47.5 Å². The van der Waals surface area contributed by atoms with E-state index < -0.39 is 7.82 Å². The normalized spacial score (nSPS) is 13.3. The minimum atomic E-state index is -3.97. The fourth-order valence-electron chi connectivity index (χ4n) is 0.623. The summed E-state index contributed by atoms with van der Waals surface area (Å²) in [6, 6.07) is 0. The first-order chi connectivity index (χ1) is 7.27. The van der Waals surface area contributed by atoms with E-state index in [0.717, 1.165) is 0 Å². The molecule has 4 N–H and O–H groups in total. The second-order valence-corrected chi connectivity index (χ2v) is 5.33. The van der Waals surface area contributed by atoms with Gasteiger partial charge in [-0.05, 0) is 0 Å². The van der Waals surface area contributed by atoms with E-state index in [-0.39, 0.29) is 32.7 Å². The van der Waals surface area contributed by atoms with Gasteiger partial charge in [0.15, 0.2) is 0 Å². The van der Waals surface area contributed by atoms with Gasteiger partial charge in [-0.25, -0.2) is 4.57 Å². The molecule has 0 fully saturated rings. The molecule has 0 bridgehead atoms. The Morgan fingerprint density at radius 3 is 1.83 bits per heavy atom. The van der Waals surface area contributed by atoms with Crippen LogP contribution in [0.15, 0.2) is 0 Å². The van der Waals surface area contributed by atoms with Crippen LogP contribution in [0.5, 0.6) is 0 Å². The van der Waals surface area contributed by atoms with Crippen LogP contribution in [-0.2, 0) is 13.6 Å². The zero-order valence-corrected chi connectivity index (χ0v) is 12.2. The molecule has 116 valence electrons. The number of hydrogen-bond donors (Lipinski definition) is 2. The largest absolute Gasteiger partial charge is 0.472 e. The van der Waals surface area contributed by atoms with Crippen molar-refractivity contribution in [3.63, 3.8) is 0 Å². The Balaban J connectivity index is -0.000000232. The Morgan fingerprint density at radius 1 is 1.11 bits per heavy atom. The van der Waals surface area contributed by atoms with Gasteiger partial charge >= 0.3 is 7.82 Å². The summed E-state index contributed by atoms with van der Waals surface area (Å²) in [4.78, 5) is 9.04. The first kappa shape index (κ1) is 26.5. The third-order valence-electron chi connectivity index (χ3n) is 1.36. The Labute approximate surface area is 111 Å². The first-order valence-corrected chi connectivity index (χ1v) is 6.79. The van der Waals surface area contributed by atoms with Crippen molar-refractivity contribution in [2.45, 2.75) is 21.3 Å². The maximum atomic E-state index is 11.1. The van der Waals surface area contributed by atoms with E-state index in [2.05, 4.69) is 9.05 Å². The number of phosphoric ester groups is 1. The zero-order valence-electron chi connectivity index (χ0n) is 11.3. The van der Waals surface area contributed by atoms with Crippen molar-refractivity contribution >= 4 is 7.82 Å². The average molecular weight is 292 g/mol. The smallest absolute Gasteiger partial charge is 0.412 e. The molecule has 0 saturated heterocycles. The molecule has 18 heavy (non-hydrogen) atoms. The molecule has 1 unspecified atom stereocenters. The summed E-state index contributed by atoms with van der Waals surface area (Å²) in [5.74, 6) is 0. The Hall–Kier alpha value is -0.0100. The lowest BCUT2D eigenvalue weighted by Gasteiger charge is -2.23. The van der Waals surface area contributed by atoms with Crippen LogP contribution in [0.1, 0.15) is 21.3 Å². The third kappa shape index (κ3) is 21.3. The van der Waals surface area contributed by atoms with Crippen LogP contribution in [-0.4, -0.2) is 67.5 Å². The molecular formula is C10H31NO6P+. The zero-order chi connectivity index (χ0) is 13.2. The first-order valence-electron chi connectivity index (χ1n) is 5.30. The molecule has 0 aromatic carbocycles. The van der Waals surface area contributed by atoms with E-state index in [1.54, 1.807) is 0 Å². The van der Waals surface area contributed by atoms with E-state index in [9.17, 15) is 4.57 Å². The average Bonchev–Trinajstić information content (AvgIpc) is 2.16. The minimum Gasteiger partial charge on any atom is -0.412 e. The molecule has 0 aliphatic carbocycles. The number of aliphatic hydroxyl groups is 1. The maximum Gasteiger partial charge on any atom is 0.472 e. The molecule has 0 amide bonds. The molecule has 0 spiro atoms. The van der Waals surface area contributed by atoms with Crippen LogP contribution in [0.4, 0.5) is 0 Å². The predicted octanol–water partition coefficient (Wildman–Crippen LogP) is 0.656. The lowest BCUT2D eigenvalue weighted by Crippen LogP contribution is -2.37. The summed E-state index contributed by atoms with van der Waals surface area (Å²) in [5.41, 5.74) is 0. The number of phosphoric acid groups is 1. The van der Waals surface area contributed by atoms with Gasteiger partial charge in [0.25, 0.3) is 0 Å².